The van der Waals surface area contributed by atoms with Crippen molar-refractivity contribution in [1.29, 1.82) is 0 Å². The van der Waals surface area contributed by atoms with Crippen LogP contribution in [0.3, 0.4) is 0 Å². The predicted molar refractivity (Wildman–Crippen MR) is 350 cm³/mol. The number of nitrogens with one attached hydrogen (secondary N) is 4. The molecule has 0 radical (unpaired) electrons. The summed E-state index contributed by atoms with van der Waals surface area (Å²) in [4.78, 5) is 121. The maximum absolute atomic E-state index is 14.4. The van der Waals surface area contributed by atoms with Gasteiger partial charge in [0, 0.05) is 110 Å². The number of rotatable bonds is 12. The number of fused-ring (bicyclic) bond motifs is 10. The number of aliphatic carboxylic acids is 2. The number of aromatic nitrogens is 2. The first-order valence-corrected chi connectivity index (χ1v) is 33.1. The Morgan fingerprint density at radius 1 is 0.573 bits per heavy atom. The second kappa shape index (κ2) is 24.4. The second-order valence-electron chi connectivity index (χ2n) is 26.9. The first kappa shape index (κ1) is 64.1. The van der Waals surface area contributed by atoms with Crippen LogP contribution in [0.5, 0.6) is 0 Å². The molecule has 2 aliphatic carbocycles. The molecule has 0 saturated carbocycles. The number of ether oxygens (including phenoxy) is 2. The molecule has 2 aromatic heterocycles. The fourth-order valence-electron chi connectivity index (χ4n) is 16.8. The molecule has 500 valence electrons. The van der Waals surface area contributed by atoms with E-state index >= 15 is 0 Å². The molecule has 12 atom stereocenters. The Kier molecular flexibility index (Phi) is 16.3. The van der Waals surface area contributed by atoms with E-state index in [-0.39, 0.29) is 61.4 Å². The number of carboxylic acids is 2. The molecule has 8 aliphatic heterocycles. The molecule has 0 unspecified atom stereocenters. The molecular weight excluding hydrogens is 1230 g/mol. The van der Waals surface area contributed by atoms with Crippen LogP contribution < -0.4 is 10.6 Å². The number of piperazine rings is 2. The minimum atomic E-state index is -2.04. The molecule has 16 rings (SSSR count). The van der Waals surface area contributed by atoms with Crippen molar-refractivity contribution < 1.29 is 68.3 Å². The first-order valence-electron chi connectivity index (χ1n) is 33.1. The van der Waals surface area contributed by atoms with Gasteiger partial charge in [0.2, 0.25) is 35.1 Å². The number of carboxylic acid groups (broad SMARTS) is 2. The second-order valence-corrected chi connectivity index (χ2v) is 26.9. The summed E-state index contributed by atoms with van der Waals surface area (Å²) in [7, 11) is 4.06. The summed E-state index contributed by atoms with van der Waals surface area (Å²) >= 11 is 0. The van der Waals surface area contributed by atoms with E-state index in [1.807, 2.05) is 99.0 Å². The average molecular weight is 1310 g/mol. The molecule has 0 spiro atoms. The van der Waals surface area contributed by atoms with Gasteiger partial charge in [0.05, 0.1) is 11.8 Å². The highest BCUT2D eigenvalue weighted by Gasteiger charge is 2.72. The van der Waals surface area contributed by atoms with E-state index in [1.165, 1.54) is 31.7 Å². The quantitative estimate of drug-likeness (QED) is 0.0784. The van der Waals surface area contributed by atoms with Crippen LogP contribution in [0, 0.1) is 11.8 Å². The van der Waals surface area contributed by atoms with Crippen LogP contribution in [0.1, 0.15) is 85.8 Å². The third kappa shape index (κ3) is 10.5. The van der Waals surface area contributed by atoms with Gasteiger partial charge in [-0.1, -0.05) is 111 Å². The van der Waals surface area contributed by atoms with E-state index in [1.54, 1.807) is 23.6 Å². The fourth-order valence-corrected chi connectivity index (χ4v) is 16.8. The van der Waals surface area contributed by atoms with Crippen molar-refractivity contribution in [2.24, 2.45) is 11.8 Å². The third-order valence-corrected chi connectivity index (χ3v) is 21.4. The van der Waals surface area contributed by atoms with Gasteiger partial charge in [0.25, 0.3) is 23.6 Å². The Morgan fingerprint density at radius 3 is 1.34 bits per heavy atom. The van der Waals surface area contributed by atoms with Crippen molar-refractivity contribution in [2.45, 2.75) is 138 Å². The average Bonchev–Trinajstić information content (AvgIpc) is 1.54. The molecule has 24 nitrogen and oxygen atoms in total. The lowest BCUT2D eigenvalue weighted by Crippen LogP contribution is -2.71. The van der Waals surface area contributed by atoms with Gasteiger partial charge in [0.15, 0.2) is 0 Å². The van der Waals surface area contributed by atoms with E-state index in [0.29, 0.717) is 64.0 Å². The van der Waals surface area contributed by atoms with Crippen molar-refractivity contribution in [3.8, 4) is 0 Å². The molecule has 4 aromatic carbocycles. The number of H-pyrrole nitrogens is 2. The van der Waals surface area contributed by atoms with E-state index < -0.39 is 83.0 Å². The number of amides is 6. The summed E-state index contributed by atoms with van der Waals surface area (Å²) in [5.41, 5.74) is 7.28. The third-order valence-electron chi connectivity index (χ3n) is 21.4. The highest BCUT2D eigenvalue weighted by atomic mass is 16.7. The van der Waals surface area contributed by atoms with Gasteiger partial charge in [-0.15, -0.1) is 0 Å². The molecule has 6 amide bonds. The zero-order valence-electron chi connectivity index (χ0n) is 53.8. The Morgan fingerprint density at radius 2 is 0.969 bits per heavy atom. The summed E-state index contributed by atoms with van der Waals surface area (Å²) in [5.74, 6) is -9.92. The normalized spacial score (nSPS) is 30.9. The maximum Gasteiger partial charge on any atom is 0.328 e. The lowest BCUT2D eigenvalue weighted by molar-refractivity contribution is -0.317. The van der Waals surface area contributed by atoms with Gasteiger partial charge >= 0.3 is 11.9 Å². The number of carbonyl (C=O) groups excluding carboxylic acids is 6. The first-order chi connectivity index (χ1) is 46.1. The monoisotopic (exact) mass is 1310 g/mol. The minimum Gasteiger partial charge on any atom is -0.478 e. The van der Waals surface area contributed by atoms with Crippen LogP contribution in [0.2, 0.25) is 0 Å². The van der Waals surface area contributed by atoms with Crippen molar-refractivity contribution in [1.82, 2.24) is 50.0 Å². The number of hydrogen-bond acceptors (Lipinski definition) is 14. The van der Waals surface area contributed by atoms with Gasteiger partial charge in [-0.3, -0.25) is 57.8 Å². The summed E-state index contributed by atoms with van der Waals surface area (Å²) in [6, 6.07) is 28.3. The molecule has 6 fully saturated rings. The molecule has 24 heteroatoms. The molecule has 0 bridgehead atoms. The number of aliphatic hydroxyl groups is 2. The smallest absolute Gasteiger partial charge is 0.328 e. The number of nitrogens with zero attached hydrogens (tertiary/aromatic N) is 6. The Labute approximate surface area is 553 Å². The molecule has 10 aliphatic rings. The highest BCUT2D eigenvalue weighted by molar-refractivity contribution is 6.03. The number of hydrogen-bond donors (Lipinski definition) is 8. The summed E-state index contributed by atoms with van der Waals surface area (Å²) in [6.07, 6.45) is 14.1. The van der Waals surface area contributed by atoms with Crippen LogP contribution in [-0.2, 0) is 73.5 Å². The van der Waals surface area contributed by atoms with Crippen LogP contribution in [-0.4, -0.2) is 207 Å². The van der Waals surface area contributed by atoms with Gasteiger partial charge < -0.3 is 50.8 Å². The van der Waals surface area contributed by atoms with Gasteiger partial charge in [-0.05, 0) is 109 Å². The van der Waals surface area contributed by atoms with E-state index in [2.05, 4.69) is 67.1 Å². The lowest BCUT2D eigenvalue weighted by Gasteiger charge is -2.48. The highest BCUT2D eigenvalue weighted by Crippen LogP contribution is 2.50. The number of carbonyl (C=O) groups is 8. The standard InChI is InChI=1S/2C34H37N5O5.C4H4O4/c2*1-3-33(36-30(40)22-16-24-23-11-7-12-25-29(23)21(18-35-25)17-26(24)37(2)19-22)32(42)39-27(15-20-9-5-4-6-10-20)31(41)38-14-8-13-28(38)34(39,43)44-33;5-3(6)1-2-4(7)8/h2*4-7,9-12,16,18,22,26-28,35,43H,3,8,13-15,17,19H2,1-2H3,(H,36,40);1-2H,(H,5,6)(H,7,8)/b;;2-1-/t2*22-,26-,27+,28+,33-,34+;/m11./s1. The zero-order chi connectivity index (χ0) is 67.3. The fraction of sp³-hybridized carbons (Fsp3) is 0.417. The molecule has 6 saturated heterocycles. The number of aromatic amines is 2. The summed E-state index contributed by atoms with van der Waals surface area (Å²) in [5, 5.41) is 48.3. The van der Waals surface area contributed by atoms with Crippen LogP contribution in [0.15, 0.2) is 134 Å². The minimum absolute atomic E-state index is 0.100. The Bertz CT molecular complexity index is 4000. The lowest BCUT2D eigenvalue weighted by atomic mass is 9.79. The Balaban J connectivity index is 0.000000148. The van der Waals surface area contributed by atoms with Gasteiger partial charge in [0.1, 0.15) is 24.2 Å². The van der Waals surface area contributed by atoms with E-state index in [4.69, 9.17) is 19.7 Å². The van der Waals surface area contributed by atoms with Gasteiger partial charge in [-0.25, -0.2) is 9.59 Å². The summed E-state index contributed by atoms with van der Waals surface area (Å²) < 4.78 is 12.8. The van der Waals surface area contributed by atoms with Crippen LogP contribution >= 0.6 is 0 Å². The number of benzene rings is 4. The van der Waals surface area contributed by atoms with E-state index in [0.717, 1.165) is 57.3 Å². The van der Waals surface area contributed by atoms with Crippen LogP contribution in [0.25, 0.3) is 33.0 Å². The van der Waals surface area contributed by atoms with Crippen molar-refractivity contribution in [2.75, 3.05) is 40.3 Å². The van der Waals surface area contributed by atoms with Crippen molar-refractivity contribution in [3.63, 3.8) is 0 Å². The molecule has 10 heterocycles. The van der Waals surface area contributed by atoms with Crippen molar-refractivity contribution in [3.05, 3.63) is 167 Å². The van der Waals surface area contributed by atoms with E-state index in [9.17, 15) is 48.6 Å². The zero-order valence-corrected chi connectivity index (χ0v) is 53.8. The SMILES string of the molecule is CC[C@@]1(NC(=O)[C@@H]2C=C3c4cccc5[nH]cc(c45)C[C@H]3N(C)C2)O[C@@]2(O)[C@@H]3CCCN3C(=O)[C@H](Cc3ccccc3)N2C1=O.CC[C@@]1(NC(=O)[C@@H]2C=C3c4cccc5[nH]cc(c45)C[C@H]3N(C)C2)O[C@@]2(O)[C@@H]3CCCN3C(=O)[C@H](Cc3ccccc3)N2C1=O.O=C(O)/C=C\C(=O)O. The molecule has 96 heavy (non-hydrogen) atoms. The molecule has 8 N–H and O–H groups in total. The maximum atomic E-state index is 14.4. The largest absolute Gasteiger partial charge is 0.478 e. The number of likely N-dealkylation sites (N-methyl/N-ethyl adjacent to an activating group) is 2. The Hall–Kier alpha value is -9.30. The molecular formula is C72H78N10O14. The topological polar surface area (TPSA) is 311 Å². The van der Waals surface area contributed by atoms with Crippen molar-refractivity contribution >= 4 is 80.3 Å². The predicted octanol–water partition coefficient (Wildman–Crippen LogP) is 4.47. The van der Waals surface area contributed by atoms with Gasteiger partial charge in [-0.2, -0.15) is 0 Å². The summed E-state index contributed by atoms with van der Waals surface area (Å²) in [6.45, 7) is 5.46. The van der Waals surface area contributed by atoms with Crippen LogP contribution in [0.4, 0.5) is 0 Å². The molecule has 6 aromatic rings.